The molecule has 1 heterocycles. The molecule has 84 valence electrons. The topological polar surface area (TPSA) is 92.7 Å². The third-order valence-electron chi connectivity index (χ3n) is 2.06. The van der Waals surface area contributed by atoms with Crippen LogP contribution >= 0.6 is 0 Å². The number of esters is 1. The number of amides is 1. The van der Waals surface area contributed by atoms with E-state index in [0.29, 0.717) is 19.3 Å². The summed E-state index contributed by atoms with van der Waals surface area (Å²) in [7, 11) is 0. The van der Waals surface area contributed by atoms with Crippen LogP contribution < -0.4 is 5.32 Å². The lowest BCUT2D eigenvalue weighted by molar-refractivity contribution is -0.147. The summed E-state index contributed by atoms with van der Waals surface area (Å²) in [6.45, 7) is 0.0809. The molecule has 1 aliphatic rings. The molecule has 0 saturated carbocycles. The minimum atomic E-state index is -0.916. The summed E-state index contributed by atoms with van der Waals surface area (Å²) in [6.07, 6.45) is 1.07. The van der Waals surface area contributed by atoms with Crippen LogP contribution in [0.3, 0.4) is 0 Å². The van der Waals surface area contributed by atoms with Crippen molar-refractivity contribution in [1.82, 2.24) is 5.32 Å². The van der Waals surface area contributed by atoms with Gasteiger partial charge in [0.1, 0.15) is 6.04 Å². The summed E-state index contributed by atoms with van der Waals surface area (Å²) in [4.78, 5) is 32.2. The van der Waals surface area contributed by atoms with Crippen LogP contribution in [0.25, 0.3) is 0 Å². The van der Waals surface area contributed by atoms with Gasteiger partial charge in [-0.1, -0.05) is 0 Å². The Morgan fingerprint density at radius 3 is 2.80 bits per heavy atom. The van der Waals surface area contributed by atoms with Crippen LogP contribution in [0.4, 0.5) is 0 Å². The molecule has 0 spiro atoms. The van der Waals surface area contributed by atoms with Crippen LogP contribution in [0.15, 0.2) is 0 Å². The van der Waals surface area contributed by atoms with E-state index < -0.39 is 18.0 Å². The van der Waals surface area contributed by atoms with Crippen molar-refractivity contribution >= 4 is 17.8 Å². The number of hydrogen-bond donors (Lipinski definition) is 2. The second kappa shape index (κ2) is 5.33. The molecule has 1 aliphatic heterocycles. The number of rotatable bonds is 5. The van der Waals surface area contributed by atoms with Crippen molar-refractivity contribution in [3.8, 4) is 0 Å². The SMILES string of the molecule is O=C(O)CCCOC(=O)[C@@H]1CCC(=O)N1. The zero-order chi connectivity index (χ0) is 11.3. The van der Waals surface area contributed by atoms with Gasteiger partial charge in [-0.15, -0.1) is 0 Å². The molecule has 15 heavy (non-hydrogen) atoms. The molecule has 0 aromatic rings. The maximum absolute atomic E-state index is 11.3. The molecule has 6 heteroatoms. The molecule has 1 saturated heterocycles. The molecule has 0 aromatic heterocycles. The van der Waals surface area contributed by atoms with Gasteiger partial charge >= 0.3 is 11.9 Å². The minimum absolute atomic E-state index is 0.0235. The summed E-state index contributed by atoms with van der Waals surface area (Å²) in [5, 5.41) is 10.8. The molecule has 1 amide bonds. The Morgan fingerprint density at radius 1 is 1.53 bits per heavy atom. The first kappa shape index (κ1) is 11.5. The summed E-state index contributed by atoms with van der Waals surface area (Å²) in [6, 6.07) is -0.553. The summed E-state index contributed by atoms with van der Waals surface area (Å²) >= 11 is 0. The summed E-state index contributed by atoms with van der Waals surface area (Å²) in [5.74, 6) is -1.55. The number of carboxylic acid groups (broad SMARTS) is 1. The Hall–Kier alpha value is -1.59. The van der Waals surface area contributed by atoms with Gasteiger partial charge in [0.2, 0.25) is 5.91 Å². The predicted molar refractivity (Wildman–Crippen MR) is 49.0 cm³/mol. The molecule has 1 rings (SSSR count). The molecular weight excluding hydrogens is 202 g/mol. The average Bonchev–Trinajstić information content (AvgIpc) is 2.59. The summed E-state index contributed by atoms with van der Waals surface area (Å²) in [5.41, 5.74) is 0. The van der Waals surface area contributed by atoms with Crippen LogP contribution in [0.2, 0.25) is 0 Å². The Morgan fingerprint density at radius 2 is 2.27 bits per heavy atom. The highest BCUT2D eigenvalue weighted by Gasteiger charge is 2.28. The van der Waals surface area contributed by atoms with Gasteiger partial charge in [0.05, 0.1) is 6.61 Å². The van der Waals surface area contributed by atoms with Gasteiger partial charge < -0.3 is 15.2 Å². The molecule has 0 unspecified atom stereocenters. The van der Waals surface area contributed by atoms with E-state index in [9.17, 15) is 14.4 Å². The number of hydrogen-bond acceptors (Lipinski definition) is 4. The highest BCUT2D eigenvalue weighted by molar-refractivity contribution is 5.88. The normalized spacial score (nSPS) is 19.7. The van der Waals surface area contributed by atoms with Gasteiger partial charge in [0.25, 0.3) is 0 Å². The fourth-order valence-corrected chi connectivity index (χ4v) is 1.29. The number of nitrogens with one attached hydrogen (secondary N) is 1. The zero-order valence-electron chi connectivity index (χ0n) is 8.19. The molecule has 0 aliphatic carbocycles. The van der Waals surface area contributed by atoms with E-state index in [-0.39, 0.29) is 18.9 Å². The van der Waals surface area contributed by atoms with Crippen molar-refractivity contribution in [2.45, 2.75) is 31.7 Å². The van der Waals surface area contributed by atoms with Gasteiger partial charge in [-0.3, -0.25) is 9.59 Å². The second-order valence-electron chi connectivity index (χ2n) is 3.32. The van der Waals surface area contributed by atoms with Crippen LogP contribution in [-0.4, -0.2) is 35.6 Å². The third kappa shape index (κ3) is 3.97. The maximum atomic E-state index is 11.3. The molecule has 0 radical (unpaired) electrons. The molecular formula is C9H13NO5. The van der Waals surface area contributed by atoms with Crippen molar-refractivity contribution in [3.63, 3.8) is 0 Å². The van der Waals surface area contributed by atoms with Gasteiger partial charge in [-0.05, 0) is 12.8 Å². The van der Waals surface area contributed by atoms with Crippen molar-refractivity contribution < 1.29 is 24.2 Å². The van der Waals surface area contributed by atoms with Crippen LogP contribution in [-0.2, 0) is 19.1 Å². The lowest BCUT2D eigenvalue weighted by atomic mass is 10.2. The molecule has 2 N–H and O–H groups in total. The standard InChI is InChI=1S/C9H13NO5/c11-7-4-3-6(10-7)9(14)15-5-1-2-8(12)13/h6H,1-5H2,(H,10,11)(H,12,13)/t6-/m0/s1. The van der Waals surface area contributed by atoms with E-state index in [1.807, 2.05) is 0 Å². The van der Waals surface area contributed by atoms with Crippen molar-refractivity contribution in [1.29, 1.82) is 0 Å². The Balaban J connectivity index is 2.13. The first-order chi connectivity index (χ1) is 7.09. The minimum Gasteiger partial charge on any atom is -0.481 e. The van der Waals surface area contributed by atoms with Gasteiger partial charge in [-0.2, -0.15) is 0 Å². The van der Waals surface area contributed by atoms with E-state index in [0.717, 1.165) is 0 Å². The Labute approximate surface area is 86.6 Å². The molecule has 0 bridgehead atoms. The van der Waals surface area contributed by atoms with E-state index in [1.165, 1.54) is 0 Å². The zero-order valence-corrected chi connectivity index (χ0v) is 8.19. The first-order valence-electron chi connectivity index (χ1n) is 4.77. The van der Waals surface area contributed by atoms with Gasteiger partial charge in [0, 0.05) is 12.8 Å². The van der Waals surface area contributed by atoms with E-state index >= 15 is 0 Å². The van der Waals surface area contributed by atoms with E-state index in [2.05, 4.69) is 5.32 Å². The summed E-state index contributed by atoms with van der Waals surface area (Å²) < 4.78 is 4.81. The fraction of sp³-hybridized carbons (Fsp3) is 0.667. The number of carboxylic acids is 1. The average molecular weight is 215 g/mol. The molecule has 1 atom stereocenters. The lowest BCUT2D eigenvalue weighted by Crippen LogP contribution is -2.34. The molecule has 6 nitrogen and oxygen atoms in total. The first-order valence-corrected chi connectivity index (χ1v) is 4.77. The third-order valence-corrected chi connectivity index (χ3v) is 2.06. The Bertz CT molecular complexity index is 276. The quantitative estimate of drug-likeness (QED) is 0.484. The second-order valence-corrected chi connectivity index (χ2v) is 3.32. The van der Waals surface area contributed by atoms with Gasteiger partial charge in [-0.25, -0.2) is 4.79 Å². The highest BCUT2D eigenvalue weighted by atomic mass is 16.5. The van der Waals surface area contributed by atoms with Crippen LogP contribution in [0, 0.1) is 0 Å². The van der Waals surface area contributed by atoms with E-state index in [4.69, 9.17) is 9.84 Å². The van der Waals surface area contributed by atoms with Crippen LogP contribution in [0.5, 0.6) is 0 Å². The van der Waals surface area contributed by atoms with Crippen LogP contribution in [0.1, 0.15) is 25.7 Å². The van der Waals surface area contributed by atoms with E-state index in [1.54, 1.807) is 0 Å². The predicted octanol–water partition coefficient (Wildman–Crippen LogP) is -0.327. The van der Waals surface area contributed by atoms with Crippen molar-refractivity contribution in [2.24, 2.45) is 0 Å². The Kier molecular flexibility index (Phi) is 4.08. The smallest absolute Gasteiger partial charge is 0.328 e. The lowest BCUT2D eigenvalue weighted by Gasteiger charge is -2.09. The molecule has 0 aromatic carbocycles. The van der Waals surface area contributed by atoms with Crippen molar-refractivity contribution in [3.05, 3.63) is 0 Å². The largest absolute Gasteiger partial charge is 0.481 e. The maximum Gasteiger partial charge on any atom is 0.328 e. The monoisotopic (exact) mass is 215 g/mol. The number of carbonyl (C=O) groups excluding carboxylic acids is 2. The fourth-order valence-electron chi connectivity index (χ4n) is 1.29. The number of aliphatic carboxylic acids is 1. The van der Waals surface area contributed by atoms with Crippen molar-refractivity contribution in [2.75, 3.05) is 6.61 Å². The highest BCUT2D eigenvalue weighted by Crippen LogP contribution is 2.08. The number of carbonyl (C=O) groups is 3. The van der Waals surface area contributed by atoms with Gasteiger partial charge in [0.15, 0.2) is 0 Å². The number of ether oxygens (including phenoxy) is 1. The molecule has 1 fully saturated rings.